The van der Waals surface area contributed by atoms with Gasteiger partial charge >= 0.3 is 0 Å². The standard InChI is InChI=1S/C61H37NS2/c1-2-13-38(14-3-1)39-25-30-42(31-26-39)62(43-32-27-40(28-33-43)41-29-35-56-48(37-41)44-15-6-10-23-54(44)63-56)53-22-12-21-51-58(53)45-16-4-8-19-49(45)61(51)50-20-9-5-17-46(50)59-52(61)34-36-57-60(59)47-18-7-11-24-55(47)64-57/h1-37H. The molecule has 298 valence electrons. The molecule has 1 spiro atoms. The third kappa shape index (κ3) is 4.99. The van der Waals surface area contributed by atoms with E-state index in [4.69, 9.17) is 0 Å². The summed E-state index contributed by atoms with van der Waals surface area (Å²) in [5.74, 6) is 0. The molecule has 2 aliphatic carbocycles. The van der Waals surface area contributed by atoms with E-state index in [0.717, 1.165) is 11.4 Å². The van der Waals surface area contributed by atoms with Gasteiger partial charge in [0.25, 0.3) is 0 Å². The highest BCUT2D eigenvalue weighted by molar-refractivity contribution is 7.26. The summed E-state index contributed by atoms with van der Waals surface area (Å²) in [6.07, 6.45) is 0. The van der Waals surface area contributed by atoms with Gasteiger partial charge in [0.2, 0.25) is 0 Å². The maximum absolute atomic E-state index is 2.49. The van der Waals surface area contributed by atoms with Gasteiger partial charge in [-0.2, -0.15) is 0 Å². The van der Waals surface area contributed by atoms with Crippen LogP contribution >= 0.6 is 22.7 Å². The number of hydrogen-bond donors (Lipinski definition) is 0. The number of thiophene rings is 2. The van der Waals surface area contributed by atoms with Crippen molar-refractivity contribution in [1.82, 2.24) is 0 Å². The van der Waals surface area contributed by atoms with Crippen LogP contribution in [0.3, 0.4) is 0 Å². The summed E-state index contributed by atoms with van der Waals surface area (Å²) in [7, 11) is 0. The Morgan fingerprint density at radius 3 is 1.55 bits per heavy atom. The topological polar surface area (TPSA) is 3.24 Å². The van der Waals surface area contributed by atoms with Gasteiger partial charge in [0.1, 0.15) is 0 Å². The Hall–Kier alpha value is -7.56. The van der Waals surface area contributed by atoms with Crippen LogP contribution < -0.4 is 4.90 Å². The molecular formula is C61H37NS2. The van der Waals surface area contributed by atoms with Crippen molar-refractivity contribution in [3.8, 4) is 44.5 Å². The lowest BCUT2D eigenvalue weighted by Gasteiger charge is -2.32. The molecule has 0 bridgehead atoms. The summed E-state index contributed by atoms with van der Waals surface area (Å²) in [5, 5.41) is 5.35. The summed E-state index contributed by atoms with van der Waals surface area (Å²) in [6, 6.07) is 83.9. The van der Waals surface area contributed by atoms with Crippen LogP contribution in [0, 0.1) is 0 Å². The fourth-order valence-corrected chi connectivity index (χ4v) is 13.4. The van der Waals surface area contributed by atoms with Crippen LogP contribution in [0.15, 0.2) is 224 Å². The molecule has 12 aromatic rings. The van der Waals surface area contributed by atoms with Gasteiger partial charge in [0.05, 0.1) is 11.1 Å². The zero-order valence-corrected chi connectivity index (χ0v) is 36.3. The van der Waals surface area contributed by atoms with Crippen LogP contribution in [0.2, 0.25) is 0 Å². The van der Waals surface area contributed by atoms with Gasteiger partial charge in [0, 0.05) is 57.3 Å². The van der Waals surface area contributed by atoms with Gasteiger partial charge in [-0.1, -0.05) is 164 Å². The molecular weight excluding hydrogens is 811 g/mol. The van der Waals surface area contributed by atoms with E-state index in [1.54, 1.807) is 0 Å². The van der Waals surface area contributed by atoms with E-state index < -0.39 is 5.41 Å². The molecule has 2 aromatic heterocycles. The van der Waals surface area contributed by atoms with Gasteiger partial charge in [-0.25, -0.2) is 0 Å². The van der Waals surface area contributed by atoms with Crippen molar-refractivity contribution >= 4 is 80.1 Å². The Labute approximate surface area is 379 Å². The van der Waals surface area contributed by atoms with Crippen LogP contribution in [0.25, 0.3) is 84.9 Å². The first-order valence-corrected chi connectivity index (χ1v) is 23.6. The number of anilines is 3. The Kier molecular flexibility index (Phi) is 7.71. The molecule has 1 atom stereocenters. The van der Waals surface area contributed by atoms with Crippen molar-refractivity contribution < 1.29 is 0 Å². The Morgan fingerprint density at radius 1 is 0.312 bits per heavy atom. The average molecular weight is 848 g/mol. The van der Waals surface area contributed by atoms with E-state index in [0.29, 0.717) is 0 Å². The molecule has 14 rings (SSSR count). The number of rotatable bonds is 5. The van der Waals surface area contributed by atoms with Crippen molar-refractivity contribution in [2.75, 3.05) is 4.90 Å². The molecule has 3 heteroatoms. The molecule has 0 fully saturated rings. The van der Waals surface area contributed by atoms with E-state index in [9.17, 15) is 0 Å². The molecule has 0 saturated carbocycles. The largest absolute Gasteiger partial charge is 0.310 e. The molecule has 1 nitrogen and oxygen atoms in total. The van der Waals surface area contributed by atoms with E-state index in [2.05, 4.69) is 229 Å². The zero-order chi connectivity index (χ0) is 41.9. The highest BCUT2D eigenvalue weighted by Gasteiger charge is 2.53. The number of hydrogen-bond acceptors (Lipinski definition) is 3. The van der Waals surface area contributed by atoms with Crippen molar-refractivity contribution in [3.05, 3.63) is 247 Å². The van der Waals surface area contributed by atoms with E-state index >= 15 is 0 Å². The quantitative estimate of drug-likeness (QED) is 0.167. The molecule has 2 heterocycles. The maximum atomic E-state index is 2.49. The summed E-state index contributed by atoms with van der Waals surface area (Å²) < 4.78 is 5.32. The van der Waals surface area contributed by atoms with Crippen LogP contribution in [0.5, 0.6) is 0 Å². The van der Waals surface area contributed by atoms with E-state index in [1.165, 1.54) is 113 Å². The van der Waals surface area contributed by atoms with E-state index in [1.807, 2.05) is 22.7 Å². The predicted octanol–water partition coefficient (Wildman–Crippen LogP) is 17.6. The highest BCUT2D eigenvalue weighted by Crippen LogP contribution is 2.66. The molecule has 0 amide bonds. The second kappa shape index (κ2) is 13.7. The molecule has 1 unspecified atom stereocenters. The van der Waals surface area contributed by atoms with E-state index in [-0.39, 0.29) is 0 Å². The number of fused-ring (bicyclic) bond motifs is 17. The SMILES string of the molecule is c1ccc(-c2ccc(N(c3ccc(-c4ccc5sc6ccccc6c5c4)cc3)c3cccc4c3-c3ccccc3C43c4ccccc4-c4c3ccc3sc5ccccc5c43)cc2)cc1. The molecule has 0 aliphatic heterocycles. The summed E-state index contributed by atoms with van der Waals surface area (Å²) in [5.41, 5.74) is 18.4. The first kappa shape index (κ1) is 36.0. The Balaban J connectivity index is 0.991. The predicted molar refractivity (Wildman–Crippen MR) is 274 cm³/mol. The van der Waals surface area contributed by atoms with Gasteiger partial charge in [-0.05, 0) is 122 Å². The molecule has 64 heavy (non-hydrogen) atoms. The molecule has 0 radical (unpaired) electrons. The Morgan fingerprint density at radius 2 is 0.812 bits per heavy atom. The summed E-state index contributed by atoms with van der Waals surface area (Å²) >= 11 is 3.77. The van der Waals surface area contributed by atoms with Gasteiger partial charge in [-0.15, -0.1) is 22.7 Å². The average Bonchev–Trinajstić information content (AvgIpc) is 4.10. The minimum atomic E-state index is -0.484. The van der Waals surface area contributed by atoms with Crippen LogP contribution in [0.4, 0.5) is 17.1 Å². The Bertz CT molecular complexity index is 3840. The smallest absolute Gasteiger partial charge is 0.0726 e. The van der Waals surface area contributed by atoms with Crippen LogP contribution in [0.1, 0.15) is 22.3 Å². The molecule has 2 aliphatic rings. The number of nitrogens with zero attached hydrogens (tertiary/aromatic N) is 1. The minimum Gasteiger partial charge on any atom is -0.310 e. The fraction of sp³-hybridized carbons (Fsp3) is 0.0164. The van der Waals surface area contributed by atoms with Crippen molar-refractivity contribution in [1.29, 1.82) is 0 Å². The van der Waals surface area contributed by atoms with Crippen LogP contribution in [-0.4, -0.2) is 0 Å². The first-order valence-electron chi connectivity index (χ1n) is 22.0. The second-order valence-corrected chi connectivity index (χ2v) is 19.3. The molecule has 0 saturated heterocycles. The van der Waals surface area contributed by atoms with Gasteiger partial charge in [-0.3, -0.25) is 0 Å². The van der Waals surface area contributed by atoms with Crippen molar-refractivity contribution in [3.63, 3.8) is 0 Å². The van der Waals surface area contributed by atoms with Crippen LogP contribution in [-0.2, 0) is 5.41 Å². The highest BCUT2D eigenvalue weighted by atomic mass is 32.1. The summed E-state index contributed by atoms with van der Waals surface area (Å²) in [4.78, 5) is 2.49. The minimum absolute atomic E-state index is 0.484. The summed E-state index contributed by atoms with van der Waals surface area (Å²) in [6.45, 7) is 0. The normalized spacial score (nSPS) is 14.6. The lowest BCUT2D eigenvalue weighted by Crippen LogP contribution is -2.26. The van der Waals surface area contributed by atoms with Crippen molar-refractivity contribution in [2.45, 2.75) is 5.41 Å². The number of benzene rings is 10. The maximum Gasteiger partial charge on any atom is 0.0726 e. The van der Waals surface area contributed by atoms with Crippen molar-refractivity contribution in [2.24, 2.45) is 0 Å². The molecule has 0 N–H and O–H groups in total. The third-order valence-electron chi connectivity index (χ3n) is 13.9. The lowest BCUT2D eigenvalue weighted by atomic mass is 9.70. The lowest BCUT2D eigenvalue weighted by molar-refractivity contribution is 0.794. The monoisotopic (exact) mass is 847 g/mol. The fourth-order valence-electron chi connectivity index (χ4n) is 11.2. The second-order valence-electron chi connectivity index (χ2n) is 17.1. The molecule has 10 aromatic carbocycles. The zero-order valence-electron chi connectivity index (χ0n) is 34.6. The van der Waals surface area contributed by atoms with Gasteiger partial charge in [0.15, 0.2) is 0 Å². The third-order valence-corrected chi connectivity index (χ3v) is 16.2. The van der Waals surface area contributed by atoms with Gasteiger partial charge < -0.3 is 4.90 Å². The first-order chi connectivity index (χ1) is 31.7.